The van der Waals surface area contributed by atoms with E-state index in [0.29, 0.717) is 12.3 Å². The Bertz CT molecular complexity index is 663. The second kappa shape index (κ2) is 7.35. The number of morpholine rings is 1. The largest absolute Gasteiger partial charge is 0.379 e. The average molecular weight is 361 g/mol. The minimum Gasteiger partial charge on any atom is -0.379 e. The van der Waals surface area contributed by atoms with Crippen LogP contribution in [0.15, 0.2) is 24.3 Å². The van der Waals surface area contributed by atoms with Crippen LogP contribution < -0.4 is 5.32 Å². The summed E-state index contributed by atoms with van der Waals surface area (Å²) in [5, 5.41) is 3.01. The van der Waals surface area contributed by atoms with Crippen molar-refractivity contribution in [3.8, 4) is 0 Å². The Hall–Kier alpha value is -1.57. The summed E-state index contributed by atoms with van der Waals surface area (Å²) in [7, 11) is 0. The van der Waals surface area contributed by atoms with Gasteiger partial charge in [-0.2, -0.15) is 0 Å². The van der Waals surface area contributed by atoms with Gasteiger partial charge < -0.3 is 15.0 Å². The molecule has 0 radical (unpaired) electrons. The molecule has 1 N–H and O–H groups in total. The molecule has 0 aliphatic carbocycles. The van der Waals surface area contributed by atoms with Crippen molar-refractivity contribution in [3.05, 3.63) is 35.4 Å². The van der Waals surface area contributed by atoms with Crippen molar-refractivity contribution < 1.29 is 14.3 Å². The Labute approximate surface area is 151 Å². The predicted molar refractivity (Wildman–Crippen MR) is 96.5 cm³/mol. The first-order valence-electron chi connectivity index (χ1n) is 8.87. The first-order valence-corrected chi connectivity index (χ1v) is 9.91. The highest BCUT2D eigenvalue weighted by Crippen LogP contribution is 2.47. The van der Waals surface area contributed by atoms with Gasteiger partial charge in [-0.25, -0.2) is 0 Å². The van der Waals surface area contributed by atoms with Crippen LogP contribution in [-0.4, -0.2) is 72.8 Å². The van der Waals surface area contributed by atoms with Crippen LogP contribution in [0, 0.1) is 0 Å². The topological polar surface area (TPSA) is 61.9 Å². The second-order valence-corrected chi connectivity index (χ2v) is 7.71. The molecule has 6 nitrogen and oxygen atoms in total. The number of ether oxygens (including phenoxy) is 1. The molecule has 2 atom stereocenters. The lowest BCUT2D eigenvalue weighted by molar-refractivity contribution is -0.124. The van der Waals surface area contributed by atoms with E-state index in [0.717, 1.165) is 50.4 Å². The molecule has 2 amide bonds. The smallest absolute Gasteiger partial charge is 0.256 e. The molecule has 0 saturated carbocycles. The maximum atomic E-state index is 12.6. The van der Waals surface area contributed by atoms with Crippen LogP contribution in [0.2, 0.25) is 0 Å². The molecule has 134 valence electrons. The number of carbonyl (C=O) groups is 2. The third kappa shape index (κ3) is 3.28. The van der Waals surface area contributed by atoms with Gasteiger partial charge in [-0.3, -0.25) is 14.5 Å². The number of hydrogen-bond donors (Lipinski definition) is 1. The number of carbonyl (C=O) groups excluding carboxylic acids is 2. The number of rotatable bonds is 5. The lowest BCUT2D eigenvalue weighted by Gasteiger charge is -2.26. The van der Waals surface area contributed by atoms with Gasteiger partial charge in [0.2, 0.25) is 5.91 Å². The molecule has 2 fully saturated rings. The average Bonchev–Trinajstić information content (AvgIpc) is 3.20. The fourth-order valence-corrected chi connectivity index (χ4v) is 5.16. The van der Waals surface area contributed by atoms with Crippen molar-refractivity contribution in [1.29, 1.82) is 0 Å². The maximum absolute atomic E-state index is 12.6. The van der Waals surface area contributed by atoms with E-state index < -0.39 is 0 Å². The summed E-state index contributed by atoms with van der Waals surface area (Å²) in [6.07, 6.45) is 0.920. The van der Waals surface area contributed by atoms with Gasteiger partial charge in [-0.05, 0) is 24.6 Å². The summed E-state index contributed by atoms with van der Waals surface area (Å²) < 4.78 is 5.34. The van der Waals surface area contributed by atoms with Crippen LogP contribution in [0.25, 0.3) is 0 Å². The SMILES string of the molecule is O=C(NCCCN1CCOCC1)[C@@H]1CSC2c3ccccc3C(=O)N21. The van der Waals surface area contributed by atoms with Crippen LogP contribution in [0.3, 0.4) is 0 Å². The highest BCUT2D eigenvalue weighted by atomic mass is 32.2. The maximum Gasteiger partial charge on any atom is 0.256 e. The van der Waals surface area contributed by atoms with Gasteiger partial charge in [0.15, 0.2) is 0 Å². The molecule has 3 aliphatic rings. The first-order chi connectivity index (χ1) is 12.3. The highest BCUT2D eigenvalue weighted by molar-refractivity contribution is 7.99. The molecule has 25 heavy (non-hydrogen) atoms. The van der Waals surface area contributed by atoms with E-state index in [1.54, 1.807) is 16.7 Å². The van der Waals surface area contributed by atoms with Crippen molar-refractivity contribution in [1.82, 2.24) is 15.1 Å². The normalized spacial score (nSPS) is 25.8. The van der Waals surface area contributed by atoms with Crippen molar-refractivity contribution in [2.45, 2.75) is 17.8 Å². The third-order valence-corrected chi connectivity index (χ3v) is 6.35. The summed E-state index contributed by atoms with van der Waals surface area (Å²) in [6.45, 7) is 5.15. The summed E-state index contributed by atoms with van der Waals surface area (Å²) in [4.78, 5) is 29.3. The molecule has 3 heterocycles. The second-order valence-electron chi connectivity index (χ2n) is 6.60. The third-order valence-electron chi connectivity index (χ3n) is 5.05. The van der Waals surface area contributed by atoms with E-state index in [1.165, 1.54) is 0 Å². The minimum absolute atomic E-state index is 0.00667. The monoisotopic (exact) mass is 361 g/mol. The molecule has 7 heteroatoms. The van der Waals surface area contributed by atoms with E-state index in [4.69, 9.17) is 4.74 Å². The van der Waals surface area contributed by atoms with Crippen LogP contribution in [0.1, 0.15) is 27.7 Å². The number of benzene rings is 1. The summed E-state index contributed by atoms with van der Waals surface area (Å²) in [5.74, 6) is 0.622. The Morgan fingerprint density at radius 3 is 2.92 bits per heavy atom. The minimum atomic E-state index is -0.363. The van der Waals surface area contributed by atoms with Gasteiger partial charge in [0.25, 0.3) is 5.91 Å². The number of thioether (sulfide) groups is 1. The lowest BCUT2D eigenvalue weighted by Crippen LogP contribution is -2.46. The zero-order valence-electron chi connectivity index (χ0n) is 14.1. The van der Waals surface area contributed by atoms with Crippen molar-refractivity contribution in [2.24, 2.45) is 0 Å². The van der Waals surface area contributed by atoms with Crippen molar-refractivity contribution in [2.75, 3.05) is 45.1 Å². The molecule has 0 aromatic heterocycles. The van der Waals surface area contributed by atoms with E-state index in [2.05, 4.69) is 10.2 Å². The summed E-state index contributed by atoms with van der Waals surface area (Å²) in [5.41, 5.74) is 1.78. The number of fused-ring (bicyclic) bond motifs is 3. The quantitative estimate of drug-likeness (QED) is 0.796. The highest BCUT2D eigenvalue weighted by Gasteiger charge is 2.48. The number of nitrogens with one attached hydrogen (secondary N) is 1. The van der Waals surface area contributed by atoms with Gasteiger partial charge in [0, 0.05) is 31.0 Å². The molecular formula is C18H23N3O3S. The van der Waals surface area contributed by atoms with E-state index in [1.807, 2.05) is 24.3 Å². The zero-order chi connectivity index (χ0) is 17.2. The van der Waals surface area contributed by atoms with Crippen molar-refractivity contribution >= 4 is 23.6 Å². The Balaban J connectivity index is 1.29. The van der Waals surface area contributed by atoms with E-state index >= 15 is 0 Å². The summed E-state index contributed by atoms with van der Waals surface area (Å²) >= 11 is 1.68. The lowest BCUT2D eigenvalue weighted by atomic mass is 10.1. The molecule has 0 bridgehead atoms. The first kappa shape index (κ1) is 16.9. The molecule has 1 aromatic carbocycles. The fourth-order valence-electron chi connectivity index (χ4n) is 3.70. The van der Waals surface area contributed by atoms with Gasteiger partial charge >= 0.3 is 0 Å². The number of hydrogen-bond acceptors (Lipinski definition) is 5. The van der Waals surface area contributed by atoms with Crippen LogP contribution >= 0.6 is 11.8 Å². The van der Waals surface area contributed by atoms with Gasteiger partial charge in [-0.1, -0.05) is 18.2 Å². The van der Waals surface area contributed by atoms with Crippen molar-refractivity contribution in [3.63, 3.8) is 0 Å². The standard InChI is InChI=1S/C18H23N3O3S/c22-16(19-6-3-7-20-8-10-24-11-9-20)15-12-25-18-14-5-2-1-4-13(14)17(23)21(15)18/h1-2,4-5,15,18H,3,6-12H2,(H,19,22)/t15-,18?/m0/s1. The van der Waals surface area contributed by atoms with Crippen LogP contribution in [-0.2, 0) is 9.53 Å². The summed E-state index contributed by atoms with van der Waals surface area (Å²) in [6, 6.07) is 7.32. The van der Waals surface area contributed by atoms with E-state index in [-0.39, 0.29) is 23.2 Å². The predicted octanol–water partition coefficient (Wildman–Crippen LogP) is 1.09. The molecule has 1 aromatic rings. The van der Waals surface area contributed by atoms with E-state index in [9.17, 15) is 9.59 Å². The molecular weight excluding hydrogens is 338 g/mol. The molecule has 4 rings (SSSR count). The van der Waals surface area contributed by atoms with Gasteiger partial charge in [0.1, 0.15) is 11.4 Å². The Kier molecular flexibility index (Phi) is 4.96. The molecule has 2 saturated heterocycles. The fraction of sp³-hybridized carbons (Fsp3) is 0.556. The number of nitrogens with zero attached hydrogens (tertiary/aromatic N) is 2. The number of amides is 2. The Morgan fingerprint density at radius 2 is 2.08 bits per heavy atom. The molecule has 3 aliphatic heterocycles. The van der Waals surface area contributed by atoms with Gasteiger partial charge in [0.05, 0.1) is 13.2 Å². The van der Waals surface area contributed by atoms with Crippen LogP contribution in [0.4, 0.5) is 0 Å². The Morgan fingerprint density at radius 1 is 1.28 bits per heavy atom. The zero-order valence-corrected chi connectivity index (χ0v) is 15.0. The van der Waals surface area contributed by atoms with Gasteiger partial charge in [-0.15, -0.1) is 11.8 Å². The molecule has 0 spiro atoms. The molecule has 1 unspecified atom stereocenters. The van der Waals surface area contributed by atoms with Crippen LogP contribution in [0.5, 0.6) is 0 Å².